The summed E-state index contributed by atoms with van der Waals surface area (Å²) in [4.78, 5) is 18.3. The average Bonchev–Trinajstić information content (AvgIpc) is 2.78. The van der Waals surface area contributed by atoms with Crippen molar-refractivity contribution >= 4 is 23.6 Å². The summed E-state index contributed by atoms with van der Waals surface area (Å²) in [6.07, 6.45) is 5.74. The Morgan fingerprint density at radius 3 is 2.48 bits per heavy atom. The molecule has 0 saturated carbocycles. The number of hydrogen-bond acceptors (Lipinski definition) is 4. The highest BCUT2D eigenvalue weighted by molar-refractivity contribution is 5.91. The van der Waals surface area contributed by atoms with E-state index in [-0.39, 0.29) is 17.5 Å². The molecule has 0 spiro atoms. The summed E-state index contributed by atoms with van der Waals surface area (Å²) in [5.41, 5.74) is 15.8. The molecule has 0 aliphatic carbocycles. The van der Waals surface area contributed by atoms with Crippen LogP contribution in [0.3, 0.4) is 0 Å². The molecule has 176 valence electrons. The van der Waals surface area contributed by atoms with Crippen LogP contribution in [-0.4, -0.2) is 41.1 Å². The molecule has 3 rings (SSSR count). The fourth-order valence-electron chi connectivity index (χ4n) is 4.09. The van der Waals surface area contributed by atoms with Crippen LogP contribution in [0.5, 0.6) is 11.5 Å². The Hall–Kier alpha value is -3.48. The number of aromatic hydroxyl groups is 1. The van der Waals surface area contributed by atoms with Crippen molar-refractivity contribution in [3.63, 3.8) is 0 Å². The minimum atomic E-state index is -0.368. The number of guanidine groups is 1. The number of carbonyl (C=O) groups excluding carboxylic acids is 1. The number of fused-ring (bicyclic) bond motifs is 1. The molecule has 1 atom stereocenters. The van der Waals surface area contributed by atoms with Gasteiger partial charge >= 0.3 is 0 Å². The molecule has 7 heteroatoms. The number of amides is 1. The second kappa shape index (κ2) is 9.57. The molecule has 7 nitrogen and oxygen atoms in total. The lowest BCUT2D eigenvalue weighted by Gasteiger charge is -2.38. The van der Waals surface area contributed by atoms with Crippen molar-refractivity contribution in [2.24, 2.45) is 16.5 Å². The van der Waals surface area contributed by atoms with Gasteiger partial charge in [0.25, 0.3) is 0 Å². The van der Waals surface area contributed by atoms with E-state index in [2.05, 4.69) is 11.9 Å². The molecular formula is C26H34N4O3. The zero-order chi connectivity index (χ0) is 24.3. The predicted molar refractivity (Wildman–Crippen MR) is 133 cm³/mol. The Morgan fingerprint density at radius 1 is 1.18 bits per heavy atom. The number of likely N-dealkylation sites (N-methyl/N-ethyl adjacent to an activating group) is 1. The van der Waals surface area contributed by atoms with Crippen LogP contribution < -0.4 is 16.2 Å². The van der Waals surface area contributed by atoms with Crippen LogP contribution in [0.25, 0.3) is 6.08 Å². The van der Waals surface area contributed by atoms with Gasteiger partial charge in [-0.1, -0.05) is 12.1 Å². The molecule has 1 unspecified atom stereocenters. The van der Waals surface area contributed by atoms with Gasteiger partial charge in [0.1, 0.15) is 17.1 Å². The molecule has 0 radical (unpaired) electrons. The van der Waals surface area contributed by atoms with E-state index < -0.39 is 0 Å². The Kier molecular flexibility index (Phi) is 7.01. The number of phenols is 1. The van der Waals surface area contributed by atoms with Gasteiger partial charge in [-0.3, -0.25) is 4.79 Å². The van der Waals surface area contributed by atoms with Crippen molar-refractivity contribution in [3.05, 3.63) is 58.2 Å². The van der Waals surface area contributed by atoms with Crippen LogP contribution in [0.15, 0.2) is 35.3 Å². The topological polar surface area (TPSA) is 114 Å². The van der Waals surface area contributed by atoms with Crippen LogP contribution in [0.1, 0.15) is 47.6 Å². The standard InChI is InChI=1S/C26H34N4O3/c1-16-17(2)24-21(18(3)23(16)32)12-13-26(4,33-24)14-15-30(5)22(31)11-8-19-6-9-20(10-7-19)29-25(27)28/h6-11,32H,12-15H2,1-5H3,(H4,27,28,29)/b11-8+. The van der Waals surface area contributed by atoms with Crippen LogP contribution >= 0.6 is 0 Å². The second-order valence-electron chi connectivity index (χ2n) is 9.05. The van der Waals surface area contributed by atoms with Crippen molar-refractivity contribution in [1.29, 1.82) is 0 Å². The van der Waals surface area contributed by atoms with Crippen molar-refractivity contribution in [1.82, 2.24) is 4.90 Å². The minimum absolute atomic E-state index is 0.00722. The first-order valence-electron chi connectivity index (χ1n) is 11.1. The third-order valence-corrected chi connectivity index (χ3v) is 6.51. The van der Waals surface area contributed by atoms with Gasteiger partial charge in [0.2, 0.25) is 5.91 Å². The van der Waals surface area contributed by atoms with Gasteiger partial charge in [-0.25, -0.2) is 4.99 Å². The maximum Gasteiger partial charge on any atom is 0.246 e. The molecule has 2 aromatic rings. The number of carbonyl (C=O) groups is 1. The Morgan fingerprint density at radius 2 is 1.85 bits per heavy atom. The molecule has 33 heavy (non-hydrogen) atoms. The van der Waals surface area contributed by atoms with Crippen molar-refractivity contribution in [2.75, 3.05) is 13.6 Å². The number of aliphatic imine (C=N–C) groups is 1. The summed E-state index contributed by atoms with van der Waals surface area (Å²) in [7, 11) is 1.80. The maximum absolute atomic E-state index is 12.6. The van der Waals surface area contributed by atoms with Gasteiger partial charge in [-0.2, -0.15) is 0 Å². The smallest absolute Gasteiger partial charge is 0.246 e. The highest BCUT2D eigenvalue weighted by Crippen LogP contribution is 2.44. The summed E-state index contributed by atoms with van der Waals surface area (Å²) in [6.45, 7) is 8.52. The summed E-state index contributed by atoms with van der Waals surface area (Å²) >= 11 is 0. The molecule has 0 aromatic heterocycles. The fraction of sp³-hybridized carbons (Fsp3) is 0.385. The van der Waals surface area contributed by atoms with E-state index in [1.54, 1.807) is 36.2 Å². The highest BCUT2D eigenvalue weighted by atomic mass is 16.5. The monoisotopic (exact) mass is 450 g/mol. The molecule has 1 heterocycles. The first-order chi connectivity index (χ1) is 15.5. The number of hydrogen-bond donors (Lipinski definition) is 3. The number of rotatable bonds is 6. The number of ether oxygens (including phenoxy) is 1. The molecule has 0 bridgehead atoms. The van der Waals surface area contributed by atoms with Crippen molar-refractivity contribution < 1.29 is 14.6 Å². The van der Waals surface area contributed by atoms with Gasteiger partial charge in [0.05, 0.1) is 5.69 Å². The van der Waals surface area contributed by atoms with E-state index in [0.29, 0.717) is 24.4 Å². The summed E-state index contributed by atoms with van der Waals surface area (Å²) < 4.78 is 6.47. The first-order valence-corrected chi connectivity index (χ1v) is 11.1. The Balaban J connectivity index is 1.61. The fourth-order valence-corrected chi connectivity index (χ4v) is 4.09. The average molecular weight is 451 g/mol. The number of phenolic OH excluding ortho intramolecular Hbond substituents is 1. The molecule has 5 N–H and O–H groups in total. The van der Waals surface area contributed by atoms with E-state index in [0.717, 1.165) is 46.4 Å². The molecular weight excluding hydrogens is 416 g/mol. The van der Waals surface area contributed by atoms with Crippen molar-refractivity contribution in [2.45, 2.75) is 52.6 Å². The quantitative estimate of drug-likeness (QED) is 0.351. The molecule has 0 fully saturated rings. The van der Waals surface area contributed by atoms with E-state index in [1.807, 2.05) is 32.9 Å². The lowest BCUT2D eigenvalue weighted by molar-refractivity contribution is -0.125. The van der Waals surface area contributed by atoms with E-state index in [4.69, 9.17) is 16.2 Å². The van der Waals surface area contributed by atoms with Crippen LogP contribution in [0.2, 0.25) is 0 Å². The maximum atomic E-state index is 12.6. The Bertz CT molecular complexity index is 1100. The van der Waals surface area contributed by atoms with Crippen LogP contribution in [-0.2, 0) is 11.2 Å². The predicted octanol–water partition coefficient (Wildman–Crippen LogP) is 3.87. The molecule has 0 saturated heterocycles. The van der Waals surface area contributed by atoms with Gasteiger partial charge in [0.15, 0.2) is 5.96 Å². The zero-order valence-corrected chi connectivity index (χ0v) is 20.1. The molecule has 1 aliphatic heterocycles. The summed E-state index contributed by atoms with van der Waals surface area (Å²) in [6, 6.07) is 7.28. The Labute approximate surface area is 195 Å². The third kappa shape index (κ3) is 5.48. The first kappa shape index (κ1) is 24.2. The normalized spacial score (nSPS) is 17.4. The minimum Gasteiger partial charge on any atom is -0.507 e. The molecule has 1 aliphatic rings. The lowest BCUT2D eigenvalue weighted by Crippen LogP contribution is -2.41. The number of nitrogens with zero attached hydrogens (tertiary/aromatic N) is 2. The third-order valence-electron chi connectivity index (χ3n) is 6.51. The van der Waals surface area contributed by atoms with Gasteiger partial charge in [0, 0.05) is 31.7 Å². The SMILES string of the molecule is Cc1c(C)c2c(c(C)c1O)CCC(C)(CCN(C)C(=O)/C=C/c1ccc(N=C(N)N)cc1)O2. The van der Waals surface area contributed by atoms with E-state index in [1.165, 1.54) is 0 Å². The van der Waals surface area contributed by atoms with E-state index >= 15 is 0 Å². The van der Waals surface area contributed by atoms with Gasteiger partial charge in [-0.05, 0) is 81.0 Å². The largest absolute Gasteiger partial charge is 0.507 e. The van der Waals surface area contributed by atoms with E-state index in [9.17, 15) is 9.90 Å². The summed E-state index contributed by atoms with van der Waals surface area (Å²) in [5, 5.41) is 10.4. The van der Waals surface area contributed by atoms with Crippen LogP contribution in [0.4, 0.5) is 5.69 Å². The van der Waals surface area contributed by atoms with Crippen molar-refractivity contribution in [3.8, 4) is 11.5 Å². The summed E-state index contributed by atoms with van der Waals surface area (Å²) in [5.74, 6) is 1.18. The zero-order valence-electron chi connectivity index (χ0n) is 20.1. The molecule has 1 amide bonds. The second-order valence-corrected chi connectivity index (χ2v) is 9.05. The molecule has 2 aromatic carbocycles. The lowest BCUT2D eigenvalue weighted by atomic mass is 9.85. The number of nitrogens with two attached hydrogens (primary N) is 2. The van der Waals surface area contributed by atoms with Gasteiger partial charge in [-0.15, -0.1) is 0 Å². The van der Waals surface area contributed by atoms with Crippen LogP contribution in [0, 0.1) is 20.8 Å². The highest BCUT2D eigenvalue weighted by Gasteiger charge is 2.34. The number of benzene rings is 2. The van der Waals surface area contributed by atoms with Gasteiger partial charge < -0.3 is 26.2 Å².